The van der Waals surface area contributed by atoms with E-state index in [1.54, 1.807) is 0 Å². The normalized spacial score (nSPS) is 24.4. The summed E-state index contributed by atoms with van der Waals surface area (Å²) in [6, 6.07) is 0. The minimum Gasteiger partial charge on any atom is -0.360 e. The van der Waals surface area contributed by atoms with Gasteiger partial charge in [-0.15, -0.1) is 0 Å². The molecule has 0 radical (unpaired) electrons. The van der Waals surface area contributed by atoms with Gasteiger partial charge in [0, 0.05) is 50.5 Å². The van der Waals surface area contributed by atoms with E-state index in [2.05, 4.69) is 22.0 Å². The summed E-state index contributed by atoms with van der Waals surface area (Å²) in [5.41, 5.74) is 3.12. The molecule has 1 fully saturated rings. The van der Waals surface area contributed by atoms with Crippen LogP contribution < -0.4 is 5.56 Å². The summed E-state index contributed by atoms with van der Waals surface area (Å²) < 4.78 is 5.48. The van der Waals surface area contributed by atoms with Crippen LogP contribution in [0, 0.1) is 5.92 Å². The Morgan fingerprint density at radius 3 is 2.93 bits per heavy atom. The molecule has 2 aromatic heterocycles. The number of carbonyl (C=O) groups excluding carboxylic acids is 1. The van der Waals surface area contributed by atoms with Crippen LogP contribution >= 0.6 is 0 Å². The lowest BCUT2D eigenvalue weighted by atomic mass is 9.88. The van der Waals surface area contributed by atoms with Crippen LogP contribution in [0.4, 0.5) is 0 Å². The number of likely N-dealkylation sites (N-methyl/N-ethyl adjacent to an activating group) is 1. The van der Waals surface area contributed by atoms with Crippen molar-refractivity contribution in [3.8, 4) is 0 Å². The van der Waals surface area contributed by atoms with E-state index in [4.69, 9.17) is 9.51 Å². The summed E-state index contributed by atoms with van der Waals surface area (Å²) >= 11 is 0. The number of fused-ring (bicyclic) bond motifs is 2. The highest BCUT2D eigenvalue weighted by molar-refractivity contribution is 5.94. The Balaban J connectivity index is 1.37. The molecule has 0 spiro atoms. The maximum Gasteiger partial charge on any atom is 0.276 e. The zero-order valence-corrected chi connectivity index (χ0v) is 17.7. The highest BCUT2D eigenvalue weighted by Gasteiger charge is 2.33. The van der Waals surface area contributed by atoms with Crippen LogP contribution in [-0.2, 0) is 25.8 Å². The number of hydrogen-bond acceptors (Lipinski definition) is 6. The predicted octanol–water partition coefficient (Wildman–Crippen LogP) is 1.89. The zero-order valence-electron chi connectivity index (χ0n) is 17.7. The molecule has 1 amide bonds. The second-order valence-electron chi connectivity index (χ2n) is 9.24. The number of aryl methyl sites for hydroxylation is 1. The summed E-state index contributed by atoms with van der Waals surface area (Å²) in [5, 5.41) is 4.14. The number of amides is 1. The molecular weight excluding hydrogens is 382 g/mol. The number of carbonyl (C=O) groups is 1. The number of piperidine rings is 1. The van der Waals surface area contributed by atoms with Gasteiger partial charge in [-0.05, 0) is 38.6 Å². The fraction of sp³-hybridized carbons (Fsp3) is 0.636. The minimum absolute atomic E-state index is 0.0374. The third-order valence-electron chi connectivity index (χ3n) is 6.86. The Kier molecular flexibility index (Phi) is 4.97. The molecule has 2 aliphatic heterocycles. The smallest absolute Gasteiger partial charge is 0.276 e. The zero-order chi connectivity index (χ0) is 20.8. The number of nitrogens with one attached hydrogen (secondary N) is 1. The van der Waals surface area contributed by atoms with E-state index in [-0.39, 0.29) is 17.4 Å². The van der Waals surface area contributed by atoms with Crippen molar-refractivity contribution in [1.29, 1.82) is 0 Å². The van der Waals surface area contributed by atoms with Crippen LogP contribution in [0.25, 0.3) is 0 Å². The average molecular weight is 412 g/mol. The monoisotopic (exact) mass is 411 g/mol. The maximum absolute atomic E-state index is 13.3. The second kappa shape index (κ2) is 7.65. The molecule has 8 nitrogen and oxygen atoms in total. The molecule has 2 unspecified atom stereocenters. The molecule has 30 heavy (non-hydrogen) atoms. The standard InChI is InChI=1S/C22H29N5O3/c1-13-5-6-18-15(10-13)19(25-30-18)22(29)27-8-3-4-14(11-27)20-23-17-7-9-26(2)12-16(17)21(28)24-20/h13-14H,3-12H2,1-2H3,(H,23,24,28). The summed E-state index contributed by atoms with van der Waals surface area (Å²) in [7, 11) is 2.02. The van der Waals surface area contributed by atoms with Crippen LogP contribution in [0.15, 0.2) is 9.32 Å². The van der Waals surface area contributed by atoms with Gasteiger partial charge in [0.25, 0.3) is 11.5 Å². The van der Waals surface area contributed by atoms with Crippen LogP contribution in [0.5, 0.6) is 0 Å². The Morgan fingerprint density at radius 1 is 1.20 bits per heavy atom. The first-order chi connectivity index (χ1) is 14.5. The first kappa shape index (κ1) is 19.5. The molecule has 3 aliphatic rings. The molecule has 0 saturated carbocycles. The maximum atomic E-state index is 13.3. The van der Waals surface area contributed by atoms with Gasteiger partial charge in [0.2, 0.25) is 0 Å². The number of rotatable bonds is 2. The Labute approximate surface area is 175 Å². The third-order valence-corrected chi connectivity index (χ3v) is 6.86. The Bertz CT molecular complexity index is 1030. The molecule has 1 N–H and O–H groups in total. The molecule has 4 heterocycles. The van der Waals surface area contributed by atoms with Crippen LogP contribution in [0.1, 0.15) is 71.0 Å². The molecule has 2 aromatic rings. The van der Waals surface area contributed by atoms with Gasteiger partial charge in [-0.25, -0.2) is 4.98 Å². The summed E-state index contributed by atoms with van der Waals surface area (Å²) in [6.07, 6.45) is 5.38. The number of hydrogen-bond donors (Lipinski definition) is 1. The number of likely N-dealkylation sites (tertiary alicyclic amines) is 1. The predicted molar refractivity (Wildman–Crippen MR) is 110 cm³/mol. The van der Waals surface area contributed by atoms with Gasteiger partial charge in [0.15, 0.2) is 5.69 Å². The largest absolute Gasteiger partial charge is 0.360 e. The lowest BCUT2D eigenvalue weighted by molar-refractivity contribution is 0.0692. The van der Waals surface area contributed by atoms with Crippen molar-refractivity contribution in [2.24, 2.45) is 5.92 Å². The molecule has 0 aromatic carbocycles. The first-order valence-corrected chi connectivity index (χ1v) is 11.1. The fourth-order valence-electron chi connectivity index (χ4n) is 5.05. The minimum atomic E-state index is -0.0549. The highest BCUT2D eigenvalue weighted by atomic mass is 16.5. The number of nitrogens with zero attached hydrogens (tertiary/aromatic N) is 4. The van der Waals surface area contributed by atoms with Crippen molar-refractivity contribution < 1.29 is 9.32 Å². The van der Waals surface area contributed by atoms with Crippen LogP contribution in [0.2, 0.25) is 0 Å². The van der Waals surface area contributed by atoms with Crippen molar-refractivity contribution in [1.82, 2.24) is 24.9 Å². The van der Waals surface area contributed by atoms with Crippen LogP contribution in [0.3, 0.4) is 0 Å². The van der Waals surface area contributed by atoms with E-state index in [1.807, 2.05) is 11.9 Å². The van der Waals surface area contributed by atoms with E-state index < -0.39 is 0 Å². The van der Waals surface area contributed by atoms with Crippen molar-refractivity contribution in [3.63, 3.8) is 0 Å². The van der Waals surface area contributed by atoms with E-state index in [1.165, 1.54) is 0 Å². The van der Waals surface area contributed by atoms with Gasteiger partial charge in [-0.2, -0.15) is 0 Å². The van der Waals surface area contributed by atoms with Crippen molar-refractivity contribution in [2.75, 3.05) is 26.7 Å². The molecule has 1 saturated heterocycles. The van der Waals surface area contributed by atoms with Crippen molar-refractivity contribution in [2.45, 2.75) is 57.9 Å². The molecule has 5 rings (SSSR count). The Morgan fingerprint density at radius 2 is 2.07 bits per heavy atom. The topological polar surface area (TPSA) is 95.3 Å². The molecule has 1 aliphatic carbocycles. The number of H-pyrrole nitrogens is 1. The quantitative estimate of drug-likeness (QED) is 0.811. The van der Waals surface area contributed by atoms with Gasteiger partial charge in [-0.1, -0.05) is 12.1 Å². The molecule has 2 atom stereocenters. The lowest BCUT2D eigenvalue weighted by Crippen LogP contribution is -2.41. The summed E-state index contributed by atoms with van der Waals surface area (Å²) in [4.78, 5) is 37.7. The van der Waals surface area contributed by atoms with E-state index in [0.29, 0.717) is 31.2 Å². The van der Waals surface area contributed by atoms with Gasteiger partial charge in [-0.3, -0.25) is 9.59 Å². The van der Waals surface area contributed by atoms with Crippen molar-refractivity contribution in [3.05, 3.63) is 44.5 Å². The summed E-state index contributed by atoms with van der Waals surface area (Å²) in [5.74, 6) is 2.12. The molecular formula is C22H29N5O3. The SMILES string of the molecule is CC1CCc2onc(C(=O)N3CCCC(c4nc5c(c(=O)[nH]4)CN(C)CC5)C3)c2C1. The number of aromatic nitrogens is 3. The van der Waals surface area contributed by atoms with E-state index in [0.717, 1.165) is 73.5 Å². The average Bonchev–Trinajstić information content (AvgIpc) is 3.16. The highest BCUT2D eigenvalue weighted by Crippen LogP contribution is 2.31. The lowest BCUT2D eigenvalue weighted by Gasteiger charge is -2.32. The van der Waals surface area contributed by atoms with Crippen molar-refractivity contribution >= 4 is 5.91 Å². The van der Waals surface area contributed by atoms with Gasteiger partial charge >= 0.3 is 0 Å². The summed E-state index contributed by atoms with van der Waals surface area (Å²) in [6.45, 7) is 5.01. The first-order valence-electron chi connectivity index (χ1n) is 11.1. The van der Waals surface area contributed by atoms with Gasteiger partial charge in [0.05, 0.1) is 11.3 Å². The number of aromatic amines is 1. The van der Waals surface area contributed by atoms with Crippen LogP contribution in [-0.4, -0.2) is 57.5 Å². The molecule has 160 valence electrons. The van der Waals surface area contributed by atoms with Gasteiger partial charge in [0.1, 0.15) is 11.6 Å². The second-order valence-corrected chi connectivity index (χ2v) is 9.24. The van der Waals surface area contributed by atoms with Gasteiger partial charge < -0.3 is 19.3 Å². The fourth-order valence-corrected chi connectivity index (χ4v) is 5.05. The third kappa shape index (κ3) is 3.47. The molecule has 0 bridgehead atoms. The molecule has 8 heteroatoms. The van der Waals surface area contributed by atoms with E-state index in [9.17, 15) is 9.59 Å². The van der Waals surface area contributed by atoms with E-state index >= 15 is 0 Å². The Hall–Kier alpha value is -2.48.